The predicted molar refractivity (Wildman–Crippen MR) is 110 cm³/mol. The second kappa shape index (κ2) is 8.68. The van der Waals surface area contributed by atoms with Gasteiger partial charge in [0.05, 0.1) is 0 Å². The number of nitrogens with one attached hydrogen (secondary N) is 1. The third-order valence-corrected chi connectivity index (χ3v) is 4.63. The van der Waals surface area contributed by atoms with Gasteiger partial charge in [-0.3, -0.25) is 4.79 Å². The number of carbonyl (C=O) groups excluding carboxylic acids is 1. The van der Waals surface area contributed by atoms with Gasteiger partial charge in [0.1, 0.15) is 0 Å². The van der Waals surface area contributed by atoms with Crippen LogP contribution >= 0.6 is 11.6 Å². The summed E-state index contributed by atoms with van der Waals surface area (Å²) in [7, 11) is 0. The Kier molecular flexibility index (Phi) is 6.08. The average molecular weight is 364 g/mol. The molecule has 0 unspecified atom stereocenters. The van der Waals surface area contributed by atoms with E-state index in [2.05, 4.69) is 60.8 Å². The molecule has 0 atom stereocenters. The fourth-order valence-corrected chi connectivity index (χ4v) is 3.03. The van der Waals surface area contributed by atoms with E-state index in [-0.39, 0.29) is 5.91 Å². The molecule has 0 aliphatic carbocycles. The fraction of sp³-hybridized carbons (Fsp3) is 0.174. The molecule has 1 N–H and O–H groups in total. The van der Waals surface area contributed by atoms with Crippen LogP contribution in [0.15, 0.2) is 72.8 Å². The van der Waals surface area contributed by atoms with Crippen LogP contribution in [0.3, 0.4) is 0 Å². The van der Waals surface area contributed by atoms with Crippen molar-refractivity contribution >= 4 is 23.2 Å². The fourth-order valence-electron chi connectivity index (χ4n) is 2.84. The van der Waals surface area contributed by atoms with Gasteiger partial charge in [0, 0.05) is 17.1 Å². The molecule has 0 bridgehead atoms. The summed E-state index contributed by atoms with van der Waals surface area (Å²) in [6.45, 7) is 2.16. The van der Waals surface area contributed by atoms with E-state index >= 15 is 0 Å². The smallest absolute Gasteiger partial charge is 0.224 e. The number of anilines is 1. The van der Waals surface area contributed by atoms with E-state index in [4.69, 9.17) is 11.6 Å². The van der Waals surface area contributed by atoms with Crippen LogP contribution in [0.25, 0.3) is 11.1 Å². The summed E-state index contributed by atoms with van der Waals surface area (Å²) in [5.74, 6) is -0.00787. The number of benzene rings is 3. The predicted octanol–water partition coefficient (Wildman–Crippen LogP) is 6.14. The monoisotopic (exact) mass is 363 g/mol. The minimum atomic E-state index is -0.00787. The lowest BCUT2D eigenvalue weighted by Crippen LogP contribution is -2.12. The summed E-state index contributed by atoms with van der Waals surface area (Å²) in [6.07, 6.45) is 2.20. The Balaban J connectivity index is 1.56. The maximum Gasteiger partial charge on any atom is 0.224 e. The Hall–Kier alpha value is -2.58. The summed E-state index contributed by atoms with van der Waals surface area (Å²) in [5.41, 5.74) is 5.64. The van der Waals surface area contributed by atoms with Gasteiger partial charge in [0.15, 0.2) is 0 Å². The summed E-state index contributed by atoms with van der Waals surface area (Å²) in [4.78, 5) is 12.1. The van der Waals surface area contributed by atoms with Crippen molar-refractivity contribution in [1.82, 2.24) is 0 Å². The van der Waals surface area contributed by atoms with Crippen molar-refractivity contribution in [2.24, 2.45) is 0 Å². The molecular weight excluding hydrogens is 342 g/mol. The summed E-state index contributed by atoms with van der Waals surface area (Å²) in [6, 6.07) is 24.3. The van der Waals surface area contributed by atoms with Gasteiger partial charge in [-0.1, -0.05) is 73.1 Å². The van der Waals surface area contributed by atoms with Crippen molar-refractivity contribution in [2.45, 2.75) is 26.2 Å². The molecule has 0 aliphatic heterocycles. The number of hydrogen-bond donors (Lipinski definition) is 1. The number of amides is 1. The highest BCUT2D eigenvalue weighted by molar-refractivity contribution is 6.30. The Labute approximate surface area is 159 Å². The normalized spacial score (nSPS) is 10.5. The maximum atomic E-state index is 12.1. The largest absolute Gasteiger partial charge is 0.326 e. The van der Waals surface area contributed by atoms with Gasteiger partial charge in [-0.2, -0.15) is 0 Å². The number of hydrogen-bond acceptors (Lipinski definition) is 1. The lowest BCUT2D eigenvalue weighted by Gasteiger charge is -2.07. The summed E-state index contributed by atoms with van der Waals surface area (Å²) < 4.78 is 0. The van der Waals surface area contributed by atoms with Crippen LogP contribution in [-0.2, 0) is 17.6 Å². The average Bonchev–Trinajstić information content (AvgIpc) is 2.67. The first kappa shape index (κ1) is 18.2. The third kappa shape index (κ3) is 4.96. The molecule has 3 aromatic rings. The van der Waals surface area contributed by atoms with Crippen LogP contribution in [0.2, 0.25) is 5.02 Å². The van der Waals surface area contributed by atoms with E-state index in [9.17, 15) is 4.79 Å². The SMILES string of the molecule is CCc1ccc(-c2ccc(CCC(=O)Nc3cccc(Cl)c3)cc2)cc1. The first-order chi connectivity index (χ1) is 12.6. The summed E-state index contributed by atoms with van der Waals surface area (Å²) in [5, 5.41) is 3.49. The van der Waals surface area contributed by atoms with Crippen molar-refractivity contribution in [3.63, 3.8) is 0 Å². The van der Waals surface area contributed by atoms with E-state index in [1.165, 1.54) is 16.7 Å². The molecule has 0 saturated heterocycles. The minimum Gasteiger partial charge on any atom is -0.326 e. The quantitative estimate of drug-likeness (QED) is 0.559. The number of aryl methyl sites for hydroxylation is 2. The van der Waals surface area contributed by atoms with Gasteiger partial charge < -0.3 is 5.32 Å². The van der Waals surface area contributed by atoms with Crippen LogP contribution in [0.1, 0.15) is 24.5 Å². The van der Waals surface area contributed by atoms with E-state index in [0.717, 1.165) is 17.7 Å². The highest BCUT2D eigenvalue weighted by Crippen LogP contribution is 2.21. The highest BCUT2D eigenvalue weighted by atomic mass is 35.5. The number of halogens is 1. The van der Waals surface area contributed by atoms with E-state index < -0.39 is 0 Å². The first-order valence-corrected chi connectivity index (χ1v) is 9.25. The van der Waals surface area contributed by atoms with Crippen molar-refractivity contribution in [3.8, 4) is 11.1 Å². The molecule has 2 nitrogen and oxygen atoms in total. The van der Waals surface area contributed by atoms with Crippen LogP contribution < -0.4 is 5.32 Å². The van der Waals surface area contributed by atoms with Crippen molar-refractivity contribution in [2.75, 3.05) is 5.32 Å². The molecular formula is C23H22ClNO. The molecule has 3 heteroatoms. The van der Waals surface area contributed by atoms with Crippen molar-refractivity contribution < 1.29 is 4.79 Å². The zero-order chi connectivity index (χ0) is 18.4. The van der Waals surface area contributed by atoms with Crippen LogP contribution in [0.4, 0.5) is 5.69 Å². The van der Waals surface area contributed by atoms with Crippen molar-refractivity contribution in [3.05, 3.63) is 88.9 Å². The molecule has 0 radical (unpaired) electrons. The molecule has 0 saturated carbocycles. The Morgan fingerprint density at radius 2 is 1.50 bits per heavy atom. The third-order valence-electron chi connectivity index (χ3n) is 4.40. The van der Waals surface area contributed by atoms with Gasteiger partial charge >= 0.3 is 0 Å². The second-order valence-electron chi connectivity index (χ2n) is 6.31. The lowest BCUT2D eigenvalue weighted by atomic mass is 10.0. The molecule has 0 fully saturated rings. The van der Waals surface area contributed by atoms with Crippen LogP contribution in [-0.4, -0.2) is 5.91 Å². The molecule has 3 aromatic carbocycles. The Morgan fingerprint density at radius 3 is 2.08 bits per heavy atom. The topological polar surface area (TPSA) is 29.1 Å². The molecule has 0 spiro atoms. The molecule has 0 heterocycles. The molecule has 3 rings (SSSR count). The molecule has 132 valence electrons. The zero-order valence-electron chi connectivity index (χ0n) is 14.8. The molecule has 0 aromatic heterocycles. The van der Waals surface area contributed by atoms with Gasteiger partial charge in [0.25, 0.3) is 0 Å². The van der Waals surface area contributed by atoms with Crippen LogP contribution in [0.5, 0.6) is 0 Å². The number of carbonyl (C=O) groups is 1. The molecule has 1 amide bonds. The summed E-state index contributed by atoms with van der Waals surface area (Å²) >= 11 is 5.93. The maximum absolute atomic E-state index is 12.1. The zero-order valence-corrected chi connectivity index (χ0v) is 15.6. The second-order valence-corrected chi connectivity index (χ2v) is 6.74. The van der Waals surface area contributed by atoms with Gasteiger partial charge in [-0.15, -0.1) is 0 Å². The van der Waals surface area contributed by atoms with Crippen molar-refractivity contribution in [1.29, 1.82) is 0 Å². The van der Waals surface area contributed by atoms with E-state index in [1.54, 1.807) is 12.1 Å². The molecule has 26 heavy (non-hydrogen) atoms. The highest BCUT2D eigenvalue weighted by Gasteiger charge is 2.04. The van der Waals surface area contributed by atoms with Gasteiger partial charge in [-0.25, -0.2) is 0 Å². The lowest BCUT2D eigenvalue weighted by molar-refractivity contribution is -0.116. The van der Waals surface area contributed by atoms with Gasteiger partial charge in [-0.05, 0) is 53.3 Å². The Morgan fingerprint density at radius 1 is 0.885 bits per heavy atom. The minimum absolute atomic E-state index is 0.00787. The standard InChI is InChI=1S/C23H22ClNO/c1-2-17-6-11-19(12-7-17)20-13-8-18(9-14-20)10-15-23(26)25-22-5-3-4-21(24)16-22/h3-9,11-14,16H,2,10,15H2,1H3,(H,25,26). The first-order valence-electron chi connectivity index (χ1n) is 8.87. The van der Waals surface area contributed by atoms with Gasteiger partial charge in [0.2, 0.25) is 5.91 Å². The molecule has 0 aliphatic rings. The van der Waals surface area contributed by atoms with E-state index in [1.807, 2.05) is 12.1 Å². The van der Waals surface area contributed by atoms with E-state index in [0.29, 0.717) is 17.9 Å². The Bertz CT molecular complexity index is 869. The number of rotatable bonds is 6. The van der Waals surface area contributed by atoms with Crippen LogP contribution in [0, 0.1) is 0 Å².